The van der Waals surface area contributed by atoms with Crippen molar-refractivity contribution in [2.24, 2.45) is 0 Å². The van der Waals surface area contributed by atoms with Crippen molar-refractivity contribution in [3.05, 3.63) is 17.6 Å². The molecule has 0 aliphatic heterocycles. The Hall–Kier alpha value is -1.45. The van der Waals surface area contributed by atoms with Gasteiger partial charge in [-0.2, -0.15) is 4.98 Å². The minimum absolute atomic E-state index is 0.119. The van der Waals surface area contributed by atoms with Crippen LogP contribution in [0.1, 0.15) is 44.0 Å². The van der Waals surface area contributed by atoms with E-state index in [9.17, 15) is 4.79 Å². The Kier molecular flexibility index (Phi) is 3.39. The van der Waals surface area contributed by atoms with Crippen molar-refractivity contribution in [1.29, 1.82) is 0 Å². The van der Waals surface area contributed by atoms with Crippen LogP contribution in [0.25, 0.3) is 0 Å². The van der Waals surface area contributed by atoms with Crippen molar-refractivity contribution < 1.29 is 9.53 Å². The van der Waals surface area contributed by atoms with Crippen LogP contribution in [-0.4, -0.2) is 22.9 Å². The molecule has 4 heteroatoms. The maximum Gasteiger partial charge on any atom is 0.217 e. The van der Waals surface area contributed by atoms with Crippen LogP contribution in [0, 0.1) is 0 Å². The van der Waals surface area contributed by atoms with Gasteiger partial charge in [-0.05, 0) is 6.92 Å². The lowest BCUT2D eigenvalue weighted by atomic mass is 9.92. The van der Waals surface area contributed by atoms with Crippen LogP contribution in [0.15, 0.2) is 6.07 Å². The first-order valence-electron chi connectivity index (χ1n) is 4.95. The summed E-state index contributed by atoms with van der Waals surface area (Å²) in [4.78, 5) is 18.8. The summed E-state index contributed by atoms with van der Waals surface area (Å²) >= 11 is 0. The maximum atomic E-state index is 10.7. The molecule has 0 saturated carbocycles. The van der Waals surface area contributed by atoms with Gasteiger partial charge < -0.3 is 4.74 Å². The molecule has 0 saturated heterocycles. The Bertz CT molecular complexity index is 356. The quantitative estimate of drug-likeness (QED) is 0.713. The van der Waals surface area contributed by atoms with Crippen LogP contribution in [0.5, 0.6) is 5.88 Å². The van der Waals surface area contributed by atoms with Crippen molar-refractivity contribution in [3.63, 3.8) is 0 Å². The van der Waals surface area contributed by atoms with Gasteiger partial charge in [-0.3, -0.25) is 4.79 Å². The summed E-state index contributed by atoms with van der Waals surface area (Å²) in [5.74, 6) is 0.630. The van der Waals surface area contributed by atoms with Crippen LogP contribution in [0.2, 0.25) is 0 Å². The summed E-state index contributed by atoms with van der Waals surface area (Å²) in [7, 11) is 0. The van der Waals surface area contributed by atoms with Crippen molar-refractivity contribution >= 4 is 6.29 Å². The zero-order valence-corrected chi connectivity index (χ0v) is 9.57. The molecule has 82 valence electrons. The summed E-state index contributed by atoms with van der Waals surface area (Å²) in [6.45, 7) is 8.48. The van der Waals surface area contributed by atoms with Gasteiger partial charge in [0.05, 0.1) is 12.3 Å². The molecule has 4 nitrogen and oxygen atoms in total. The van der Waals surface area contributed by atoms with E-state index in [0.29, 0.717) is 18.8 Å². The molecule has 0 bridgehead atoms. The molecule has 0 aliphatic rings. The lowest BCUT2D eigenvalue weighted by Gasteiger charge is -2.18. The summed E-state index contributed by atoms with van der Waals surface area (Å²) < 4.78 is 5.27. The smallest absolute Gasteiger partial charge is 0.217 e. The number of hydrogen-bond acceptors (Lipinski definition) is 4. The van der Waals surface area contributed by atoms with E-state index in [1.54, 1.807) is 6.07 Å². The van der Waals surface area contributed by atoms with Gasteiger partial charge >= 0.3 is 0 Å². The van der Waals surface area contributed by atoms with Crippen molar-refractivity contribution in [2.45, 2.75) is 33.1 Å². The second kappa shape index (κ2) is 4.38. The molecule has 1 aromatic rings. The number of hydrogen-bond donors (Lipinski definition) is 0. The highest BCUT2D eigenvalue weighted by atomic mass is 16.5. The van der Waals surface area contributed by atoms with Crippen molar-refractivity contribution in [2.75, 3.05) is 6.61 Å². The molecule has 0 radical (unpaired) electrons. The molecular weight excluding hydrogens is 192 g/mol. The molecule has 0 aliphatic carbocycles. The van der Waals surface area contributed by atoms with E-state index in [0.717, 1.165) is 5.69 Å². The summed E-state index contributed by atoms with van der Waals surface area (Å²) in [6.07, 6.45) is 0.637. The highest BCUT2D eigenvalue weighted by Crippen LogP contribution is 2.22. The first-order valence-corrected chi connectivity index (χ1v) is 4.95. The molecule has 0 spiro atoms. The third-order valence-electron chi connectivity index (χ3n) is 1.89. The van der Waals surface area contributed by atoms with Crippen molar-refractivity contribution in [1.82, 2.24) is 9.97 Å². The number of carbonyl (C=O) groups excluding carboxylic acids is 1. The number of carbonyl (C=O) groups is 1. The molecule has 1 heterocycles. The van der Waals surface area contributed by atoms with Gasteiger partial charge in [0.2, 0.25) is 5.88 Å². The normalized spacial score (nSPS) is 11.2. The third-order valence-corrected chi connectivity index (χ3v) is 1.89. The molecule has 0 fully saturated rings. The first kappa shape index (κ1) is 11.6. The molecule has 0 unspecified atom stereocenters. The van der Waals surface area contributed by atoms with E-state index in [1.165, 1.54) is 0 Å². The van der Waals surface area contributed by atoms with E-state index in [4.69, 9.17) is 4.74 Å². The zero-order valence-electron chi connectivity index (χ0n) is 9.57. The molecule has 0 aromatic carbocycles. The maximum absolute atomic E-state index is 10.7. The van der Waals surface area contributed by atoms with E-state index in [-0.39, 0.29) is 11.2 Å². The Morgan fingerprint density at radius 3 is 2.53 bits per heavy atom. The van der Waals surface area contributed by atoms with Crippen LogP contribution >= 0.6 is 0 Å². The Labute approximate surface area is 89.7 Å². The van der Waals surface area contributed by atoms with Gasteiger partial charge in [0.25, 0.3) is 0 Å². The van der Waals surface area contributed by atoms with Crippen LogP contribution in [0.3, 0.4) is 0 Å². The summed E-state index contributed by atoms with van der Waals surface area (Å²) in [5, 5.41) is 0. The second-order valence-electron chi connectivity index (χ2n) is 4.25. The zero-order chi connectivity index (χ0) is 11.5. The number of aldehydes is 1. The fourth-order valence-electron chi connectivity index (χ4n) is 1.10. The minimum Gasteiger partial charge on any atom is -0.478 e. The molecule has 1 aromatic heterocycles. The predicted octanol–water partition coefficient (Wildman–Crippen LogP) is 1.99. The van der Waals surface area contributed by atoms with Gasteiger partial charge in [-0.25, -0.2) is 4.98 Å². The van der Waals surface area contributed by atoms with Gasteiger partial charge in [-0.1, -0.05) is 20.8 Å². The number of aromatic nitrogens is 2. The molecular formula is C11H16N2O2. The average Bonchev–Trinajstić information content (AvgIpc) is 2.16. The van der Waals surface area contributed by atoms with E-state index in [1.807, 2.05) is 27.7 Å². The monoisotopic (exact) mass is 208 g/mol. The Morgan fingerprint density at radius 2 is 2.07 bits per heavy atom. The van der Waals surface area contributed by atoms with Gasteiger partial charge in [0.1, 0.15) is 0 Å². The molecule has 1 rings (SSSR count). The van der Waals surface area contributed by atoms with E-state index >= 15 is 0 Å². The Morgan fingerprint density at radius 1 is 1.40 bits per heavy atom. The van der Waals surface area contributed by atoms with Gasteiger partial charge in [-0.15, -0.1) is 0 Å². The highest BCUT2D eigenvalue weighted by molar-refractivity contribution is 5.69. The predicted molar refractivity (Wildman–Crippen MR) is 57.3 cm³/mol. The van der Waals surface area contributed by atoms with Crippen LogP contribution in [0.4, 0.5) is 0 Å². The summed E-state index contributed by atoms with van der Waals surface area (Å²) in [6, 6.07) is 1.77. The largest absolute Gasteiger partial charge is 0.478 e. The van der Waals surface area contributed by atoms with Crippen LogP contribution in [-0.2, 0) is 5.41 Å². The molecule has 15 heavy (non-hydrogen) atoms. The standard InChI is InChI=1S/C11H16N2O2/c1-5-15-10-6-8(11(2,3)4)12-9(7-14)13-10/h6-7H,5H2,1-4H3. The molecule has 0 atom stereocenters. The molecule has 0 amide bonds. The molecule has 0 N–H and O–H groups in total. The SMILES string of the molecule is CCOc1cc(C(C)(C)C)nc(C=O)n1. The van der Waals surface area contributed by atoms with Crippen LogP contribution < -0.4 is 4.74 Å². The lowest BCUT2D eigenvalue weighted by Crippen LogP contribution is -2.16. The van der Waals surface area contributed by atoms with E-state index < -0.39 is 0 Å². The number of nitrogens with zero attached hydrogens (tertiary/aromatic N) is 2. The third kappa shape index (κ3) is 3.01. The Balaban J connectivity index is 3.17. The van der Waals surface area contributed by atoms with Crippen molar-refractivity contribution in [3.8, 4) is 5.88 Å². The minimum atomic E-state index is -0.119. The summed E-state index contributed by atoms with van der Waals surface area (Å²) in [5.41, 5.74) is 0.690. The first-order chi connectivity index (χ1) is 6.97. The average molecular weight is 208 g/mol. The fraction of sp³-hybridized carbons (Fsp3) is 0.545. The number of ether oxygens (including phenoxy) is 1. The fourth-order valence-corrected chi connectivity index (χ4v) is 1.10. The topological polar surface area (TPSA) is 52.1 Å². The number of rotatable bonds is 3. The van der Waals surface area contributed by atoms with E-state index in [2.05, 4.69) is 9.97 Å². The highest BCUT2D eigenvalue weighted by Gasteiger charge is 2.18. The lowest BCUT2D eigenvalue weighted by molar-refractivity contribution is 0.111. The van der Waals surface area contributed by atoms with Gasteiger partial charge in [0, 0.05) is 11.5 Å². The second-order valence-corrected chi connectivity index (χ2v) is 4.25. The van der Waals surface area contributed by atoms with Gasteiger partial charge in [0.15, 0.2) is 12.1 Å².